The fourth-order valence-corrected chi connectivity index (χ4v) is 2.86. The van der Waals surface area contributed by atoms with Crippen molar-refractivity contribution in [2.24, 2.45) is 17.6 Å². The van der Waals surface area contributed by atoms with Gasteiger partial charge in [0.25, 0.3) is 0 Å². The van der Waals surface area contributed by atoms with E-state index in [1.165, 1.54) is 32.1 Å². The molecule has 0 spiro atoms. The van der Waals surface area contributed by atoms with Crippen LogP contribution in [0.5, 0.6) is 0 Å². The number of hydrogen-bond acceptors (Lipinski definition) is 3. The standard InChI is InChI=1S/C13H26N2O/c1-11-3-2-7-15(8-6-11)9-13(14,10-16)12-4-5-12/h11-12,16H,2-10,14H2,1H3. The Bertz CT molecular complexity index is 230. The van der Waals surface area contributed by atoms with Gasteiger partial charge in [0.1, 0.15) is 0 Å². The molecule has 16 heavy (non-hydrogen) atoms. The third kappa shape index (κ3) is 2.96. The molecule has 2 rings (SSSR count). The van der Waals surface area contributed by atoms with Gasteiger partial charge in [0.05, 0.1) is 12.1 Å². The first-order chi connectivity index (χ1) is 7.64. The molecule has 2 atom stereocenters. The van der Waals surface area contributed by atoms with Crippen LogP contribution < -0.4 is 5.73 Å². The van der Waals surface area contributed by atoms with Gasteiger partial charge in [-0.25, -0.2) is 0 Å². The Morgan fingerprint density at radius 1 is 1.25 bits per heavy atom. The number of nitrogens with two attached hydrogens (primary N) is 1. The van der Waals surface area contributed by atoms with Crippen molar-refractivity contribution >= 4 is 0 Å². The highest BCUT2D eigenvalue weighted by atomic mass is 16.3. The topological polar surface area (TPSA) is 49.5 Å². The van der Waals surface area contributed by atoms with Crippen LogP contribution in [-0.4, -0.2) is 41.8 Å². The van der Waals surface area contributed by atoms with Gasteiger partial charge < -0.3 is 15.7 Å². The van der Waals surface area contributed by atoms with Gasteiger partial charge in [-0.3, -0.25) is 0 Å². The second-order valence-electron chi connectivity index (χ2n) is 5.98. The number of hydrogen-bond donors (Lipinski definition) is 2. The van der Waals surface area contributed by atoms with Crippen LogP contribution in [0.4, 0.5) is 0 Å². The zero-order valence-electron chi connectivity index (χ0n) is 10.5. The van der Waals surface area contributed by atoms with Crippen molar-refractivity contribution in [3.63, 3.8) is 0 Å². The van der Waals surface area contributed by atoms with E-state index in [0.717, 1.165) is 25.6 Å². The first kappa shape index (κ1) is 12.3. The zero-order chi connectivity index (χ0) is 11.6. The largest absolute Gasteiger partial charge is 0.394 e. The lowest BCUT2D eigenvalue weighted by atomic mass is 9.94. The van der Waals surface area contributed by atoms with E-state index in [-0.39, 0.29) is 12.1 Å². The summed E-state index contributed by atoms with van der Waals surface area (Å²) < 4.78 is 0. The molecule has 1 heterocycles. The van der Waals surface area contributed by atoms with Crippen molar-refractivity contribution in [3.05, 3.63) is 0 Å². The Morgan fingerprint density at radius 3 is 2.62 bits per heavy atom. The Hall–Kier alpha value is -0.120. The number of aliphatic hydroxyl groups is 1. The summed E-state index contributed by atoms with van der Waals surface area (Å²) in [5, 5.41) is 9.50. The van der Waals surface area contributed by atoms with E-state index >= 15 is 0 Å². The Labute approximate surface area is 99.0 Å². The summed E-state index contributed by atoms with van der Waals surface area (Å²) in [5.41, 5.74) is 6.00. The maximum absolute atomic E-state index is 9.50. The molecular formula is C13H26N2O. The summed E-state index contributed by atoms with van der Waals surface area (Å²) in [6.45, 7) is 5.69. The van der Waals surface area contributed by atoms with Crippen LogP contribution in [0, 0.1) is 11.8 Å². The highest BCUT2D eigenvalue weighted by Crippen LogP contribution is 2.38. The van der Waals surface area contributed by atoms with Gasteiger partial charge >= 0.3 is 0 Å². The van der Waals surface area contributed by atoms with E-state index in [4.69, 9.17) is 5.73 Å². The monoisotopic (exact) mass is 226 g/mol. The molecule has 2 fully saturated rings. The lowest BCUT2D eigenvalue weighted by Crippen LogP contribution is -2.55. The second-order valence-corrected chi connectivity index (χ2v) is 5.98. The molecule has 1 aliphatic carbocycles. The number of rotatable bonds is 4. The molecule has 3 heteroatoms. The van der Waals surface area contributed by atoms with Crippen LogP contribution >= 0.6 is 0 Å². The summed E-state index contributed by atoms with van der Waals surface area (Å²) >= 11 is 0. The first-order valence-electron chi connectivity index (χ1n) is 6.76. The third-order valence-corrected chi connectivity index (χ3v) is 4.31. The Morgan fingerprint density at radius 2 is 2.00 bits per heavy atom. The number of likely N-dealkylation sites (tertiary alicyclic amines) is 1. The summed E-state index contributed by atoms with van der Waals surface area (Å²) in [6, 6.07) is 0. The van der Waals surface area contributed by atoms with Crippen LogP contribution in [-0.2, 0) is 0 Å². The minimum absolute atomic E-state index is 0.143. The molecule has 3 nitrogen and oxygen atoms in total. The quantitative estimate of drug-likeness (QED) is 0.757. The van der Waals surface area contributed by atoms with Crippen molar-refractivity contribution in [2.45, 2.75) is 44.6 Å². The number of nitrogens with zero attached hydrogens (tertiary/aromatic N) is 1. The molecule has 0 amide bonds. The molecule has 0 bridgehead atoms. The molecule has 1 aliphatic heterocycles. The van der Waals surface area contributed by atoms with Gasteiger partial charge in [0, 0.05) is 6.54 Å². The third-order valence-electron chi connectivity index (χ3n) is 4.31. The first-order valence-corrected chi connectivity index (χ1v) is 6.76. The number of aliphatic hydroxyl groups excluding tert-OH is 1. The van der Waals surface area contributed by atoms with Crippen LogP contribution in [0.3, 0.4) is 0 Å². The molecule has 0 radical (unpaired) electrons. The molecule has 1 saturated carbocycles. The van der Waals surface area contributed by atoms with Crippen molar-refractivity contribution in [1.82, 2.24) is 4.90 Å². The molecule has 0 aromatic rings. The van der Waals surface area contributed by atoms with Crippen molar-refractivity contribution in [2.75, 3.05) is 26.2 Å². The average Bonchev–Trinajstić information content (AvgIpc) is 3.07. The van der Waals surface area contributed by atoms with Crippen molar-refractivity contribution in [1.29, 1.82) is 0 Å². The Kier molecular flexibility index (Phi) is 3.88. The van der Waals surface area contributed by atoms with Gasteiger partial charge in [-0.2, -0.15) is 0 Å². The van der Waals surface area contributed by atoms with Gasteiger partial charge in [-0.15, -0.1) is 0 Å². The molecule has 2 unspecified atom stereocenters. The molecule has 2 aliphatic rings. The SMILES string of the molecule is CC1CCCN(CC(N)(CO)C2CC2)CC1. The molecule has 0 aromatic carbocycles. The van der Waals surface area contributed by atoms with Gasteiger partial charge in [-0.1, -0.05) is 6.92 Å². The summed E-state index contributed by atoms with van der Waals surface area (Å²) in [5.74, 6) is 1.42. The molecule has 1 saturated heterocycles. The summed E-state index contributed by atoms with van der Waals surface area (Å²) in [7, 11) is 0. The zero-order valence-corrected chi connectivity index (χ0v) is 10.5. The van der Waals surface area contributed by atoms with Crippen molar-refractivity contribution < 1.29 is 5.11 Å². The van der Waals surface area contributed by atoms with Crippen LogP contribution in [0.25, 0.3) is 0 Å². The molecular weight excluding hydrogens is 200 g/mol. The molecule has 0 aromatic heterocycles. The predicted octanol–water partition coefficient (Wildman–Crippen LogP) is 1.21. The highest BCUT2D eigenvalue weighted by molar-refractivity contribution is 5.00. The van der Waals surface area contributed by atoms with Crippen LogP contribution in [0.1, 0.15) is 39.0 Å². The molecule has 94 valence electrons. The van der Waals surface area contributed by atoms with Crippen molar-refractivity contribution in [3.8, 4) is 0 Å². The normalized spacial score (nSPS) is 32.1. The van der Waals surface area contributed by atoms with Gasteiger partial charge in [0.2, 0.25) is 0 Å². The predicted molar refractivity (Wildman–Crippen MR) is 66.2 cm³/mol. The van der Waals surface area contributed by atoms with Gasteiger partial charge in [-0.05, 0) is 57.0 Å². The van der Waals surface area contributed by atoms with E-state index in [2.05, 4.69) is 11.8 Å². The van der Waals surface area contributed by atoms with Crippen LogP contribution in [0.2, 0.25) is 0 Å². The minimum Gasteiger partial charge on any atom is -0.394 e. The van der Waals surface area contributed by atoms with E-state index in [1.54, 1.807) is 0 Å². The fraction of sp³-hybridized carbons (Fsp3) is 1.00. The second kappa shape index (κ2) is 5.03. The maximum Gasteiger partial charge on any atom is 0.0626 e. The minimum atomic E-state index is -0.326. The van der Waals surface area contributed by atoms with E-state index < -0.39 is 0 Å². The van der Waals surface area contributed by atoms with Crippen LogP contribution in [0.15, 0.2) is 0 Å². The summed E-state index contributed by atoms with van der Waals surface area (Å²) in [6.07, 6.45) is 6.33. The Balaban J connectivity index is 1.87. The fourth-order valence-electron chi connectivity index (χ4n) is 2.86. The average molecular weight is 226 g/mol. The van der Waals surface area contributed by atoms with E-state index in [0.29, 0.717) is 5.92 Å². The van der Waals surface area contributed by atoms with E-state index in [9.17, 15) is 5.11 Å². The smallest absolute Gasteiger partial charge is 0.0626 e. The lowest BCUT2D eigenvalue weighted by Gasteiger charge is -2.33. The summed E-state index contributed by atoms with van der Waals surface area (Å²) in [4.78, 5) is 2.47. The molecule has 3 N–H and O–H groups in total. The lowest BCUT2D eigenvalue weighted by molar-refractivity contribution is 0.122. The highest BCUT2D eigenvalue weighted by Gasteiger charge is 2.42. The van der Waals surface area contributed by atoms with E-state index in [1.807, 2.05) is 0 Å². The van der Waals surface area contributed by atoms with Gasteiger partial charge in [0.15, 0.2) is 0 Å². The maximum atomic E-state index is 9.50.